The molecule has 1 aromatic rings. The quantitative estimate of drug-likeness (QED) is 0.836. The molecule has 2 heterocycles. The number of carbonyl (C=O) groups excluding carboxylic acids is 1. The molecule has 1 atom stereocenters. The van der Waals surface area contributed by atoms with Crippen molar-refractivity contribution in [1.29, 1.82) is 0 Å². The van der Waals surface area contributed by atoms with Crippen LogP contribution in [0, 0.1) is 19.3 Å². The fourth-order valence-electron chi connectivity index (χ4n) is 2.84. The van der Waals surface area contributed by atoms with Gasteiger partial charge in [-0.15, -0.1) is 6.42 Å². The van der Waals surface area contributed by atoms with Crippen LogP contribution in [0.4, 0.5) is 5.82 Å². The second-order valence-corrected chi connectivity index (χ2v) is 7.56. The average Bonchev–Trinajstić information content (AvgIpc) is 2.57. The van der Waals surface area contributed by atoms with E-state index in [0.717, 1.165) is 43.5 Å². The van der Waals surface area contributed by atoms with E-state index in [0.29, 0.717) is 0 Å². The highest BCUT2D eigenvalue weighted by Crippen LogP contribution is 2.23. The van der Waals surface area contributed by atoms with Gasteiger partial charge in [0, 0.05) is 43.4 Å². The molecule has 1 aliphatic heterocycles. The second kappa shape index (κ2) is 7.83. The van der Waals surface area contributed by atoms with Crippen LogP contribution in [-0.2, 0) is 10.2 Å². The number of nitrogens with one attached hydrogen (secondary N) is 1. The molecule has 2 rings (SSSR count). The molecule has 136 valence electrons. The van der Waals surface area contributed by atoms with E-state index in [9.17, 15) is 4.79 Å². The van der Waals surface area contributed by atoms with Crippen molar-refractivity contribution >= 4 is 11.7 Å². The minimum absolute atomic E-state index is 0.0145. The summed E-state index contributed by atoms with van der Waals surface area (Å²) in [5, 5.41) is 2.75. The molecule has 25 heavy (non-hydrogen) atoms. The first-order valence-corrected chi connectivity index (χ1v) is 8.78. The number of hydrogen-bond donors (Lipinski definition) is 1. The van der Waals surface area contributed by atoms with Crippen LogP contribution in [0.15, 0.2) is 6.07 Å². The lowest BCUT2D eigenvalue weighted by Gasteiger charge is -2.38. The maximum atomic E-state index is 12.1. The van der Waals surface area contributed by atoms with Crippen LogP contribution < -0.4 is 10.2 Å². The first kappa shape index (κ1) is 19.2. The Kier molecular flexibility index (Phi) is 6.02. The van der Waals surface area contributed by atoms with E-state index in [1.807, 2.05) is 19.9 Å². The lowest BCUT2D eigenvalue weighted by molar-refractivity contribution is -0.125. The number of amides is 1. The van der Waals surface area contributed by atoms with Gasteiger partial charge in [-0.2, -0.15) is 0 Å². The van der Waals surface area contributed by atoms with Crippen molar-refractivity contribution in [2.24, 2.45) is 0 Å². The SMILES string of the molecule is C#CCNC(=O)[C@H](C)N1CCN(c2cc(C)nc(C(C)(C)C)n2)CC1. The predicted molar refractivity (Wildman–Crippen MR) is 101 cm³/mol. The first-order chi connectivity index (χ1) is 11.7. The Bertz CT molecular complexity index is 651. The molecule has 6 nitrogen and oxygen atoms in total. The molecule has 0 aromatic carbocycles. The van der Waals surface area contributed by atoms with Crippen LogP contribution in [0.2, 0.25) is 0 Å². The molecule has 1 amide bonds. The van der Waals surface area contributed by atoms with Gasteiger partial charge in [0.2, 0.25) is 5.91 Å². The van der Waals surface area contributed by atoms with E-state index in [1.165, 1.54) is 0 Å². The van der Waals surface area contributed by atoms with Crippen molar-refractivity contribution in [2.75, 3.05) is 37.6 Å². The van der Waals surface area contributed by atoms with Gasteiger partial charge in [-0.25, -0.2) is 9.97 Å². The molecule has 0 spiro atoms. The van der Waals surface area contributed by atoms with Gasteiger partial charge in [0.05, 0.1) is 12.6 Å². The predicted octanol–water partition coefficient (Wildman–Crippen LogP) is 1.34. The molecular formula is C19H29N5O. The van der Waals surface area contributed by atoms with Crippen LogP contribution in [0.1, 0.15) is 39.2 Å². The third-order valence-corrected chi connectivity index (χ3v) is 4.44. The monoisotopic (exact) mass is 343 g/mol. The number of piperazine rings is 1. The first-order valence-electron chi connectivity index (χ1n) is 8.78. The van der Waals surface area contributed by atoms with Crippen LogP contribution in [-0.4, -0.2) is 59.5 Å². The highest BCUT2D eigenvalue weighted by atomic mass is 16.2. The van der Waals surface area contributed by atoms with Crippen molar-refractivity contribution in [3.8, 4) is 12.3 Å². The van der Waals surface area contributed by atoms with Crippen molar-refractivity contribution < 1.29 is 4.79 Å². The zero-order chi connectivity index (χ0) is 18.6. The third kappa shape index (κ3) is 4.93. The summed E-state index contributed by atoms with van der Waals surface area (Å²) in [6, 6.07) is 1.86. The molecular weight excluding hydrogens is 314 g/mol. The topological polar surface area (TPSA) is 61.4 Å². The molecule has 0 bridgehead atoms. The largest absolute Gasteiger partial charge is 0.354 e. The lowest BCUT2D eigenvalue weighted by Crippen LogP contribution is -2.54. The number of aromatic nitrogens is 2. The molecule has 0 saturated carbocycles. The normalized spacial score (nSPS) is 17.0. The van der Waals surface area contributed by atoms with Crippen LogP contribution >= 0.6 is 0 Å². The summed E-state index contributed by atoms with van der Waals surface area (Å²) >= 11 is 0. The molecule has 1 saturated heterocycles. The Morgan fingerprint density at radius 2 is 1.96 bits per heavy atom. The molecule has 1 aliphatic rings. The molecule has 1 N–H and O–H groups in total. The second-order valence-electron chi connectivity index (χ2n) is 7.56. The van der Waals surface area contributed by atoms with E-state index < -0.39 is 0 Å². The van der Waals surface area contributed by atoms with Gasteiger partial charge in [-0.1, -0.05) is 26.7 Å². The third-order valence-electron chi connectivity index (χ3n) is 4.44. The number of aryl methyl sites for hydroxylation is 1. The summed E-state index contributed by atoms with van der Waals surface area (Å²) in [7, 11) is 0. The number of carbonyl (C=O) groups is 1. The minimum atomic E-state index is -0.173. The number of rotatable bonds is 4. The van der Waals surface area contributed by atoms with Crippen molar-refractivity contribution in [2.45, 2.75) is 46.1 Å². The number of anilines is 1. The fourth-order valence-corrected chi connectivity index (χ4v) is 2.84. The average molecular weight is 343 g/mol. The number of nitrogens with zero attached hydrogens (tertiary/aromatic N) is 4. The van der Waals surface area contributed by atoms with E-state index in [4.69, 9.17) is 11.4 Å². The van der Waals surface area contributed by atoms with Gasteiger partial charge < -0.3 is 10.2 Å². The Labute approximate surface area is 151 Å². The van der Waals surface area contributed by atoms with Crippen molar-refractivity contribution in [3.05, 3.63) is 17.6 Å². The van der Waals surface area contributed by atoms with Gasteiger partial charge in [-0.3, -0.25) is 9.69 Å². The van der Waals surface area contributed by atoms with E-state index in [-0.39, 0.29) is 23.9 Å². The Morgan fingerprint density at radius 1 is 1.32 bits per heavy atom. The molecule has 0 aliphatic carbocycles. The standard InChI is InChI=1S/C19H29N5O/c1-7-8-20-17(25)15(3)23-9-11-24(12-10-23)16-13-14(2)21-18(22-16)19(4,5)6/h1,13,15H,8-12H2,2-6H3,(H,20,25)/t15-/m0/s1. The van der Waals surface area contributed by atoms with Crippen LogP contribution in [0.5, 0.6) is 0 Å². The summed E-state index contributed by atoms with van der Waals surface area (Å²) < 4.78 is 0. The maximum Gasteiger partial charge on any atom is 0.237 e. The van der Waals surface area contributed by atoms with Gasteiger partial charge in [0.1, 0.15) is 11.6 Å². The maximum absolute atomic E-state index is 12.1. The number of hydrogen-bond acceptors (Lipinski definition) is 5. The Balaban J connectivity index is 2.02. The summed E-state index contributed by atoms with van der Waals surface area (Å²) in [5.74, 6) is 4.26. The van der Waals surface area contributed by atoms with Crippen molar-refractivity contribution in [3.63, 3.8) is 0 Å². The highest BCUT2D eigenvalue weighted by Gasteiger charge is 2.27. The van der Waals surface area contributed by atoms with E-state index in [1.54, 1.807) is 0 Å². The van der Waals surface area contributed by atoms with Gasteiger partial charge >= 0.3 is 0 Å². The van der Waals surface area contributed by atoms with E-state index >= 15 is 0 Å². The Hall–Kier alpha value is -2.13. The summed E-state index contributed by atoms with van der Waals surface area (Å²) in [4.78, 5) is 25.9. The molecule has 6 heteroatoms. The zero-order valence-corrected chi connectivity index (χ0v) is 16.0. The molecule has 0 radical (unpaired) electrons. The molecule has 1 fully saturated rings. The van der Waals surface area contributed by atoms with Crippen LogP contribution in [0.3, 0.4) is 0 Å². The van der Waals surface area contributed by atoms with Gasteiger partial charge in [0.15, 0.2) is 0 Å². The van der Waals surface area contributed by atoms with Gasteiger partial charge in [0.25, 0.3) is 0 Å². The van der Waals surface area contributed by atoms with E-state index in [2.05, 4.69) is 46.8 Å². The number of terminal acetylenes is 1. The smallest absolute Gasteiger partial charge is 0.237 e. The summed E-state index contributed by atoms with van der Waals surface area (Å²) in [6.45, 7) is 13.9. The fraction of sp³-hybridized carbons (Fsp3) is 0.632. The zero-order valence-electron chi connectivity index (χ0n) is 16.0. The van der Waals surface area contributed by atoms with Crippen molar-refractivity contribution in [1.82, 2.24) is 20.2 Å². The van der Waals surface area contributed by atoms with Gasteiger partial charge in [-0.05, 0) is 13.8 Å². The van der Waals surface area contributed by atoms with Crippen LogP contribution in [0.25, 0.3) is 0 Å². The lowest BCUT2D eigenvalue weighted by atomic mass is 9.95. The molecule has 1 aromatic heterocycles. The summed E-state index contributed by atoms with van der Waals surface area (Å²) in [5.41, 5.74) is 0.908. The Morgan fingerprint density at radius 3 is 2.52 bits per heavy atom. The highest BCUT2D eigenvalue weighted by molar-refractivity contribution is 5.81. The minimum Gasteiger partial charge on any atom is -0.354 e. The summed E-state index contributed by atoms with van der Waals surface area (Å²) in [6.07, 6.45) is 5.20. The molecule has 0 unspecified atom stereocenters.